The molecule has 458 valence electrons. The van der Waals surface area contributed by atoms with E-state index in [0.29, 0.717) is 56.9 Å². The van der Waals surface area contributed by atoms with Gasteiger partial charge in [-0.2, -0.15) is 0 Å². The fourth-order valence-corrected chi connectivity index (χ4v) is 15.3. The summed E-state index contributed by atoms with van der Waals surface area (Å²) < 4.78 is 49.3. The number of fused-ring (bicyclic) bond motifs is 3. The van der Waals surface area contributed by atoms with Crippen molar-refractivity contribution in [3.63, 3.8) is 0 Å². The zero-order valence-electron chi connectivity index (χ0n) is 45.3. The maximum Gasteiger partial charge on any atom is 0.321 e. The molecule has 9 rings (SSSR count). The SMILES string of the molecule is C=C1CC23CCC[C@H]4[C@@](C)(CCC[C@@]4(C)C(=O)OC4O[C@H](C(O)N[C@H](Cc5ccccc5)C(=O)O)[C@@H](O)[C@H](O)[C@H]4O)[C@@H]2CC(O[C@@H]2O[C@H](CO)[C@@H](O)C(O[C@@H]4O[C@H](CCO)[C@@H](O)[C@H](O)[C@H]4O)[C@H]2O[C@@H]2O[C@H](CO)[C@@H](O)[C@H](O)[C@H]2O)C1C3. The molecule has 4 saturated heterocycles. The van der Waals surface area contributed by atoms with Gasteiger partial charge in [-0.25, -0.2) is 0 Å². The summed E-state index contributed by atoms with van der Waals surface area (Å²) in [6, 6.07) is 7.19. The summed E-state index contributed by atoms with van der Waals surface area (Å²) in [6.07, 6.45) is -33.7. The van der Waals surface area contributed by atoms with Gasteiger partial charge < -0.3 is 114 Å². The first-order valence-electron chi connectivity index (χ1n) is 28.2. The molecule has 4 aliphatic heterocycles. The summed E-state index contributed by atoms with van der Waals surface area (Å²) in [7, 11) is 0. The summed E-state index contributed by atoms with van der Waals surface area (Å²) in [5.41, 5.74) is -0.740. The molecule has 8 aliphatic rings. The Morgan fingerprint density at radius 3 is 1.91 bits per heavy atom. The van der Waals surface area contributed by atoms with Crippen LogP contribution in [0.2, 0.25) is 0 Å². The van der Waals surface area contributed by atoms with Gasteiger partial charge in [-0.3, -0.25) is 14.9 Å². The second-order valence-electron chi connectivity index (χ2n) is 24.4. The van der Waals surface area contributed by atoms with Gasteiger partial charge in [-0.05, 0) is 92.9 Å². The summed E-state index contributed by atoms with van der Waals surface area (Å²) in [5, 5.41) is 165. The highest BCUT2D eigenvalue weighted by Gasteiger charge is 2.67. The van der Waals surface area contributed by atoms with E-state index in [-0.39, 0.29) is 36.0 Å². The lowest BCUT2D eigenvalue weighted by atomic mass is 9.46. The van der Waals surface area contributed by atoms with Crippen LogP contribution in [0.25, 0.3) is 0 Å². The molecule has 4 saturated carbocycles. The van der Waals surface area contributed by atoms with Crippen LogP contribution in [-0.2, 0) is 53.9 Å². The number of esters is 1. The molecule has 1 aromatic rings. The quantitative estimate of drug-likeness (QED) is 0.0380. The number of carbonyl (C=O) groups is 2. The summed E-state index contributed by atoms with van der Waals surface area (Å²) in [6.45, 7) is 6.27. The number of carboxylic acid groups (broad SMARTS) is 1. The number of aliphatic carboxylic acids is 1. The smallest absolute Gasteiger partial charge is 0.321 e. The minimum atomic E-state index is -1.99. The molecule has 4 aliphatic carbocycles. The molecule has 2 bridgehead atoms. The first kappa shape index (κ1) is 62.5. The van der Waals surface area contributed by atoms with Crippen molar-refractivity contribution in [3.8, 4) is 0 Å². The topological polar surface area (TPSA) is 423 Å². The number of carboxylic acids is 1. The van der Waals surface area contributed by atoms with Crippen molar-refractivity contribution in [2.45, 2.75) is 226 Å². The molecule has 0 amide bonds. The average molecular weight is 1160 g/mol. The van der Waals surface area contributed by atoms with Gasteiger partial charge in [-0.1, -0.05) is 62.2 Å². The van der Waals surface area contributed by atoms with Crippen molar-refractivity contribution in [3.05, 3.63) is 48.0 Å². The Hall–Kier alpha value is -2.98. The largest absolute Gasteiger partial charge is 0.480 e. The van der Waals surface area contributed by atoms with E-state index in [9.17, 15) is 86.2 Å². The van der Waals surface area contributed by atoms with Gasteiger partial charge >= 0.3 is 11.9 Å². The number of aliphatic hydroxyl groups is 14. The molecule has 0 aromatic heterocycles. The van der Waals surface area contributed by atoms with E-state index in [1.807, 2.05) is 0 Å². The lowest BCUT2D eigenvalue weighted by molar-refractivity contribution is -0.396. The number of ether oxygens (including phenoxy) is 8. The predicted molar refractivity (Wildman–Crippen MR) is 272 cm³/mol. The van der Waals surface area contributed by atoms with Crippen LogP contribution in [0.5, 0.6) is 0 Å². The van der Waals surface area contributed by atoms with E-state index < -0.39 is 184 Å². The maximum atomic E-state index is 15.0. The van der Waals surface area contributed by atoms with E-state index >= 15 is 0 Å². The molecule has 81 heavy (non-hydrogen) atoms. The molecular formula is C55H83NO25. The fraction of sp³-hybridized carbons (Fsp3) is 0.818. The van der Waals surface area contributed by atoms with Gasteiger partial charge in [0.1, 0.15) is 104 Å². The number of aliphatic hydroxyl groups excluding tert-OH is 14. The minimum Gasteiger partial charge on any atom is -0.480 e. The Labute approximate surface area is 467 Å². The van der Waals surface area contributed by atoms with Crippen molar-refractivity contribution in [1.82, 2.24) is 5.32 Å². The first-order chi connectivity index (χ1) is 38.4. The molecule has 8 fully saturated rings. The van der Waals surface area contributed by atoms with Crippen LogP contribution in [0.3, 0.4) is 0 Å². The van der Waals surface area contributed by atoms with Crippen LogP contribution in [-0.4, -0.2) is 250 Å². The number of rotatable bonds is 18. The minimum absolute atomic E-state index is 0.0737. The zero-order valence-corrected chi connectivity index (χ0v) is 45.3. The maximum absolute atomic E-state index is 15.0. The standard InChI is InChI=1S/C55H83NO25/c1-23-19-55-15-7-11-31-53(2,13-8-14-54(31,3)52(73)81-50-42(69)38(65)39(66)44(79-50)46(70)56-26(47(71)72)17-24-9-5-4-6-10-24)32(55)18-28(25(23)20-55)75-51-45(80-49-41(68)37(64)34(61)29(21-58)76-49)43(35(62)30(22-59)77-51)78-48-40(67)36(63)33(60)27(74-48)12-16-57/h4-6,9-10,25-46,48-51,56-70H,1,7-8,11-22H2,2-3H3,(H,71,72)/t25?,26-,27-,28?,29-,30-,31+,32+,33-,34-,35-,36+,37+,38+,39+,40-,41-,42-,43?,44+,45-,46?,48+,49+,50?,51-,53-,54-,55?/m1/s1. The molecular weight excluding hydrogens is 1070 g/mol. The van der Waals surface area contributed by atoms with Crippen LogP contribution in [0.1, 0.15) is 83.6 Å². The normalized spacial score (nSPS) is 48.0. The third kappa shape index (κ3) is 11.9. The number of carbonyl (C=O) groups excluding carboxylic acids is 1. The van der Waals surface area contributed by atoms with Crippen LogP contribution < -0.4 is 5.32 Å². The lowest BCUT2D eigenvalue weighted by Crippen LogP contribution is -2.67. The fourth-order valence-electron chi connectivity index (χ4n) is 15.3. The van der Waals surface area contributed by atoms with Crippen molar-refractivity contribution in [2.24, 2.45) is 34.0 Å². The molecule has 1 aromatic carbocycles. The lowest BCUT2D eigenvalue weighted by Gasteiger charge is -2.59. The molecule has 0 radical (unpaired) electrons. The molecule has 26 nitrogen and oxygen atoms in total. The highest BCUT2D eigenvalue weighted by atomic mass is 16.8. The molecule has 4 heterocycles. The second kappa shape index (κ2) is 25.2. The Bertz CT molecular complexity index is 2310. The first-order valence-corrected chi connectivity index (χ1v) is 28.2. The molecule has 1 spiro atoms. The highest BCUT2D eigenvalue weighted by Crippen LogP contribution is 2.71. The van der Waals surface area contributed by atoms with Crippen LogP contribution in [0.15, 0.2) is 42.5 Å². The summed E-state index contributed by atoms with van der Waals surface area (Å²) in [5.74, 6) is -3.01. The Kier molecular flexibility index (Phi) is 19.4. The van der Waals surface area contributed by atoms with E-state index in [1.165, 1.54) is 0 Å². The third-order valence-electron chi connectivity index (χ3n) is 19.5. The van der Waals surface area contributed by atoms with Gasteiger partial charge in [0.05, 0.1) is 30.8 Å². The van der Waals surface area contributed by atoms with Gasteiger partial charge in [0.15, 0.2) is 18.9 Å². The van der Waals surface area contributed by atoms with Crippen LogP contribution >= 0.6 is 0 Å². The van der Waals surface area contributed by atoms with E-state index in [2.05, 4.69) is 18.8 Å². The molecule has 26 heteroatoms. The Morgan fingerprint density at radius 1 is 0.679 bits per heavy atom. The number of benzene rings is 1. The predicted octanol–water partition coefficient (Wildman–Crippen LogP) is -3.87. The number of nitrogens with one attached hydrogen (secondary N) is 1. The molecule has 29 atom stereocenters. The van der Waals surface area contributed by atoms with Crippen LogP contribution in [0.4, 0.5) is 0 Å². The highest BCUT2D eigenvalue weighted by molar-refractivity contribution is 5.77. The van der Waals surface area contributed by atoms with Crippen LogP contribution in [0, 0.1) is 34.0 Å². The summed E-state index contributed by atoms with van der Waals surface area (Å²) >= 11 is 0. The van der Waals surface area contributed by atoms with Gasteiger partial charge in [0.2, 0.25) is 6.29 Å². The summed E-state index contributed by atoms with van der Waals surface area (Å²) in [4.78, 5) is 27.3. The number of hydrogen-bond acceptors (Lipinski definition) is 25. The van der Waals surface area contributed by atoms with Gasteiger partial charge in [0.25, 0.3) is 0 Å². The Morgan fingerprint density at radius 2 is 1.27 bits per heavy atom. The second-order valence-corrected chi connectivity index (χ2v) is 24.4. The number of hydrogen-bond donors (Lipinski definition) is 16. The monoisotopic (exact) mass is 1160 g/mol. The zero-order chi connectivity index (χ0) is 58.6. The van der Waals surface area contributed by atoms with E-state index in [1.54, 1.807) is 37.3 Å². The van der Waals surface area contributed by atoms with Crippen molar-refractivity contribution < 1.29 is 124 Å². The van der Waals surface area contributed by atoms with Crippen molar-refractivity contribution in [2.75, 3.05) is 19.8 Å². The van der Waals surface area contributed by atoms with Crippen molar-refractivity contribution in [1.29, 1.82) is 0 Å². The average Bonchev–Trinajstić information content (AvgIpc) is 3.60. The third-order valence-corrected chi connectivity index (χ3v) is 19.5. The molecule has 16 N–H and O–H groups in total. The van der Waals surface area contributed by atoms with E-state index in [0.717, 1.165) is 12.0 Å². The van der Waals surface area contributed by atoms with Crippen molar-refractivity contribution >= 4 is 11.9 Å². The Balaban J connectivity index is 0.981. The van der Waals surface area contributed by atoms with Gasteiger partial charge in [-0.15, -0.1) is 0 Å². The van der Waals surface area contributed by atoms with E-state index in [4.69, 9.17) is 37.9 Å². The molecule has 6 unspecified atom stereocenters. The van der Waals surface area contributed by atoms with Gasteiger partial charge in [0, 0.05) is 12.5 Å².